The first kappa shape index (κ1) is 9.37. The first-order chi connectivity index (χ1) is 6.36. The van der Waals surface area contributed by atoms with Crippen LogP contribution < -0.4 is 0 Å². The monoisotopic (exact) mass is 288 g/mol. The minimum absolute atomic E-state index is 0.715. The lowest BCUT2D eigenvalue weighted by atomic mass is 9.85. The van der Waals surface area contributed by atoms with E-state index in [1.54, 1.807) is 6.33 Å². The molecule has 0 atom stereocenters. The summed E-state index contributed by atoms with van der Waals surface area (Å²) in [7, 11) is 0. The average molecular weight is 288 g/mol. The molecule has 0 spiro atoms. The van der Waals surface area contributed by atoms with E-state index in [9.17, 15) is 0 Å². The molecule has 2 rings (SSSR count). The second kappa shape index (κ2) is 4.35. The van der Waals surface area contributed by atoms with Crippen LogP contribution in [0.4, 0.5) is 0 Å². The van der Waals surface area contributed by atoms with Gasteiger partial charge in [0, 0.05) is 16.3 Å². The second-order valence-corrected chi connectivity index (χ2v) is 5.38. The van der Waals surface area contributed by atoms with E-state index in [1.807, 2.05) is 12.4 Å². The van der Waals surface area contributed by atoms with E-state index in [0.29, 0.717) is 5.92 Å². The molecule has 1 aromatic rings. The van der Waals surface area contributed by atoms with Crippen molar-refractivity contribution < 1.29 is 0 Å². The summed E-state index contributed by atoms with van der Waals surface area (Å²) >= 11 is 2.55. The van der Waals surface area contributed by atoms with Crippen LogP contribution in [-0.4, -0.2) is 13.9 Å². The first-order valence-electron chi connectivity index (χ1n) is 4.75. The number of nitrogens with zero attached hydrogens (tertiary/aromatic N) is 2. The Labute approximate surface area is 92.3 Å². The van der Waals surface area contributed by atoms with Gasteiger partial charge in [-0.1, -0.05) is 22.6 Å². The molecule has 1 saturated carbocycles. The minimum atomic E-state index is 0.715. The predicted molar refractivity (Wildman–Crippen MR) is 61.0 cm³/mol. The molecule has 1 heterocycles. The van der Waals surface area contributed by atoms with E-state index in [0.717, 1.165) is 3.92 Å². The van der Waals surface area contributed by atoms with Crippen molar-refractivity contribution in [3.63, 3.8) is 0 Å². The van der Waals surface area contributed by atoms with Crippen LogP contribution in [0.3, 0.4) is 0 Å². The van der Waals surface area contributed by atoms with Crippen LogP contribution in [0, 0.1) is 0 Å². The maximum absolute atomic E-state index is 4.07. The molecule has 2 nitrogen and oxygen atoms in total. The largest absolute Gasteiger partial charge is 0.245 e. The highest BCUT2D eigenvalue weighted by Crippen LogP contribution is 2.34. The second-order valence-electron chi connectivity index (χ2n) is 3.62. The SMILES string of the molecule is IC1CCC(c2cncnc2)CC1. The van der Waals surface area contributed by atoms with Crippen molar-refractivity contribution in [3.05, 3.63) is 24.3 Å². The van der Waals surface area contributed by atoms with Gasteiger partial charge in [0.25, 0.3) is 0 Å². The molecule has 0 unspecified atom stereocenters. The van der Waals surface area contributed by atoms with Gasteiger partial charge in [-0.15, -0.1) is 0 Å². The van der Waals surface area contributed by atoms with Crippen molar-refractivity contribution >= 4 is 22.6 Å². The molecule has 0 aromatic carbocycles. The van der Waals surface area contributed by atoms with E-state index in [4.69, 9.17) is 0 Å². The quantitative estimate of drug-likeness (QED) is 0.586. The molecule has 0 radical (unpaired) electrons. The average Bonchev–Trinajstić information content (AvgIpc) is 2.20. The van der Waals surface area contributed by atoms with Gasteiger partial charge in [-0.2, -0.15) is 0 Å². The third kappa shape index (κ3) is 2.39. The van der Waals surface area contributed by atoms with Crippen LogP contribution in [-0.2, 0) is 0 Å². The van der Waals surface area contributed by atoms with E-state index in [-0.39, 0.29) is 0 Å². The summed E-state index contributed by atoms with van der Waals surface area (Å²) in [5.41, 5.74) is 1.32. The van der Waals surface area contributed by atoms with Crippen LogP contribution in [0.25, 0.3) is 0 Å². The van der Waals surface area contributed by atoms with Crippen molar-refractivity contribution in [1.82, 2.24) is 9.97 Å². The zero-order valence-electron chi connectivity index (χ0n) is 7.49. The molecule has 1 aromatic heterocycles. The number of rotatable bonds is 1. The van der Waals surface area contributed by atoms with Crippen LogP contribution in [0.2, 0.25) is 0 Å². The highest BCUT2D eigenvalue weighted by molar-refractivity contribution is 14.1. The number of hydrogen-bond acceptors (Lipinski definition) is 2. The maximum atomic E-state index is 4.07. The number of halogens is 1. The minimum Gasteiger partial charge on any atom is -0.245 e. The Balaban J connectivity index is 2.03. The maximum Gasteiger partial charge on any atom is 0.115 e. The molecule has 0 amide bonds. The number of alkyl halides is 1. The zero-order chi connectivity index (χ0) is 9.10. The molecule has 70 valence electrons. The summed E-state index contributed by atoms with van der Waals surface area (Å²) in [6.07, 6.45) is 10.8. The fraction of sp³-hybridized carbons (Fsp3) is 0.600. The Kier molecular flexibility index (Phi) is 3.14. The zero-order valence-corrected chi connectivity index (χ0v) is 9.65. The van der Waals surface area contributed by atoms with Crippen LogP contribution in [0.15, 0.2) is 18.7 Å². The topological polar surface area (TPSA) is 25.8 Å². The summed E-state index contributed by atoms with van der Waals surface area (Å²) < 4.78 is 0.887. The molecular formula is C10H13IN2. The van der Waals surface area contributed by atoms with Gasteiger partial charge in [0.2, 0.25) is 0 Å². The summed E-state index contributed by atoms with van der Waals surface area (Å²) in [6, 6.07) is 0. The van der Waals surface area contributed by atoms with E-state index < -0.39 is 0 Å². The normalized spacial score (nSPS) is 28.7. The number of aromatic nitrogens is 2. The fourth-order valence-electron chi connectivity index (χ4n) is 1.91. The van der Waals surface area contributed by atoms with Crippen molar-refractivity contribution in [2.45, 2.75) is 35.5 Å². The molecule has 0 saturated heterocycles. The van der Waals surface area contributed by atoms with Gasteiger partial charge in [-0.3, -0.25) is 0 Å². The molecule has 13 heavy (non-hydrogen) atoms. The smallest absolute Gasteiger partial charge is 0.115 e. The Morgan fingerprint density at radius 3 is 2.31 bits per heavy atom. The van der Waals surface area contributed by atoms with Crippen LogP contribution in [0.5, 0.6) is 0 Å². The Hall–Kier alpha value is -0.190. The number of hydrogen-bond donors (Lipinski definition) is 0. The highest BCUT2D eigenvalue weighted by Gasteiger charge is 2.20. The van der Waals surface area contributed by atoms with Gasteiger partial charge in [-0.25, -0.2) is 9.97 Å². The fourth-order valence-corrected chi connectivity index (χ4v) is 2.63. The summed E-state index contributed by atoms with van der Waals surface area (Å²) in [4.78, 5) is 8.13. The summed E-state index contributed by atoms with van der Waals surface area (Å²) in [5.74, 6) is 0.715. The molecule has 0 aliphatic heterocycles. The van der Waals surface area contributed by atoms with Crippen molar-refractivity contribution in [2.24, 2.45) is 0 Å². The van der Waals surface area contributed by atoms with Gasteiger partial charge < -0.3 is 0 Å². The third-order valence-electron chi connectivity index (χ3n) is 2.71. The standard InChI is InChI=1S/C10H13IN2/c11-10-3-1-8(2-4-10)9-5-12-7-13-6-9/h5-8,10H,1-4H2. The van der Waals surface area contributed by atoms with Gasteiger partial charge in [-0.05, 0) is 37.2 Å². The van der Waals surface area contributed by atoms with Crippen LogP contribution >= 0.6 is 22.6 Å². The van der Waals surface area contributed by atoms with E-state index in [2.05, 4.69) is 32.6 Å². The van der Waals surface area contributed by atoms with Gasteiger partial charge in [0.15, 0.2) is 0 Å². The molecule has 1 aliphatic rings. The first-order valence-corrected chi connectivity index (χ1v) is 6.00. The lowest BCUT2D eigenvalue weighted by molar-refractivity contribution is 0.460. The molecule has 0 N–H and O–H groups in total. The molecule has 1 aliphatic carbocycles. The van der Waals surface area contributed by atoms with Crippen LogP contribution in [0.1, 0.15) is 37.2 Å². The van der Waals surface area contributed by atoms with Gasteiger partial charge >= 0.3 is 0 Å². The van der Waals surface area contributed by atoms with E-state index >= 15 is 0 Å². The summed E-state index contributed by atoms with van der Waals surface area (Å²) in [6.45, 7) is 0. The van der Waals surface area contributed by atoms with Crippen molar-refractivity contribution in [2.75, 3.05) is 0 Å². The molecule has 1 fully saturated rings. The molecule has 0 bridgehead atoms. The molecular weight excluding hydrogens is 275 g/mol. The Morgan fingerprint density at radius 2 is 1.69 bits per heavy atom. The summed E-state index contributed by atoms with van der Waals surface area (Å²) in [5, 5.41) is 0. The van der Waals surface area contributed by atoms with Crippen molar-refractivity contribution in [3.8, 4) is 0 Å². The lowest BCUT2D eigenvalue weighted by Gasteiger charge is -2.24. The third-order valence-corrected chi connectivity index (χ3v) is 3.95. The highest BCUT2D eigenvalue weighted by atomic mass is 127. The Morgan fingerprint density at radius 1 is 1.08 bits per heavy atom. The van der Waals surface area contributed by atoms with Gasteiger partial charge in [0.1, 0.15) is 6.33 Å². The molecule has 3 heteroatoms. The Bertz CT molecular complexity index is 255. The van der Waals surface area contributed by atoms with Gasteiger partial charge in [0.05, 0.1) is 0 Å². The van der Waals surface area contributed by atoms with E-state index in [1.165, 1.54) is 31.2 Å². The predicted octanol–water partition coefficient (Wildman–Crippen LogP) is 2.94. The lowest BCUT2D eigenvalue weighted by Crippen LogP contribution is -2.12. The van der Waals surface area contributed by atoms with Crippen molar-refractivity contribution in [1.29, 1.82) is 0 Å².